The summed E-state index contributed by atoms with van der Waals surface area (Å²) in [5, 5.41) is 2.71. The van der Waals surface area contributed by atoms with Gasteiger partial charge in [0.25, 0.3) is 0 Å². The fraction of sp³-hybridized carbons (Fsp3) is 0.462. The summed E-state index contributed by atoms with van der Waals surface area (Å²) in [5.41, 5.74) is 6.79. The maximum absolute atomic E-state index is 11.7. The lowest BCUT2D eigenvalue weighted by atomic mass is 10.2. The number of hydrogen-bond acceptors (Lipinski definition) is 4. The first-order valence-electron chi connectivity index (χ1n) is 6.15. The van der Waals surface area contributed by atoms with Crippen LogP contribution in [0.15, 0.2) is 18.2 Å². The van der Waals surface area contributed by atoms with Crippen LogP contribution in [-0.4, -0.2) is 28.7 Å². The molecule has 1 unspecified atom stereocenters. The van der Waals surface area contributed by atoms with E-state index >= 15 is 0 Å². The molecule has 0 aliphatic carbocycles. The van der Waals surface area contributed by atoms with Crippen LogP contribution < -0.4 is 15.8 Å². The van der Waals surface area contributed by atoms with Crippen molar-refractivity contribution in [1.82, 2.24) is 0 Å². The number of carbonyl (C=O) groups is 1. The third-order valence-electron chi connectivity index (χ3n) is 2.52. The molecule has 1 amide bonds. The van der Waals surface area contributed by atoms with E-state index in [0.29, 0.717) is 28.6 Å². The van der Waals surface area contributed by atoms with Crippen molar-refractivity contribution >= 4 is 28.1 Å². The van der Waals surface area contributed by atoms with Crippen LogP contribution in [0.25, 0.3) is 0 Å². The predicted octanol–water partition coefficient (Wildman–Crippen LogP) is 1.76. The lowest BCUT2D eigenvalue weighted by molar-refractivity contribution is -0.115. The molecule has 3 N–H and O–H groups in total. The average Bonchev–Trinajstić information content (AvgIpc) is 2.39. The molecule has 0 aromatic heterocycles. The summed E-state index contributed by atoms with van der Waals surface area (Å²) in [6, 6.07) is 5.06. The molecular weight excluding hydrogens is 264 g/mol. The molecule has 6 heteroatoms. The number of anilines is 2. The molecule has 0 radical (unpaired) electrons. The lowest BCUT2D eigenvalue weighted by Gasteiger charge is -2.09. The van der Waals surface area contributed by atoms with Gasteiger partial charge in [0.05, 0.1) is 18.5 Å². The Balaban J connectivity index is 2.50. The molecule has 0 spiro atoms. The van der Waals surface area contributed by atoms with Crippen LogP contribution in [0.2, 0.25) is 0 Å². The maximum atomic E-state index is 11.7. The van der Waals surface area contributed by atoms with Crippen molar-refractivity contribution in [1.29, 1.82) is 0 Å². The van der Waals surface area contributed by atoms with E-state index in [-0.39, 0.29) is 12.3 Å². The predicted molar refractivity (Wildman–Crippen MR) is 78.8 cm³/mol. The summed E-state index contributed by atoms with van der Waals surface area (Å²) in [6.07, 6.45) is 1.09. The minimum Gasteiger partial charge on any atom is -0.497 e. The van der Waals surface area contributed by atoms with Gasteiger partial charge >= 0.3 is 0 Å². The number of benzene rings is 1. The lowest BCUT2D eigenvalue weighted by Crippen LogP contribution is -2.16. The molecule has 1 rings (SSSR count). The fourth-order valence-corrected chi connectivity index (χ4v) is 2.60. The van der Waals surface area contributed by atoms with E-state index in [2.05, 4.69) is 5.32 Å². The Morgan fingerprint density at radius 2 is 2.16 bits per heavy atom. The summed E-state index contributed by atoms with van der Waals surface area (Å²) in [6.45, 7) is 1.97. The van der Waals surface area contributed by atoms with Gasteiger partial charge < -0.3 is 15.8 Å². The first kappa shape index (κ1) is 15.5. The standard InChI is InChI=1S/C13H20N2O3S/c1-3-7-19(17)8-6-13(16)15-12-5-4-10(18-2)9-11(12)14/h4-5,9H,3,6-8,14H2,1-2H3,(H,15,16). The van der Waals surface area contributed by atoms with Crippen molar-refractivity contribution < 1.29 is 13.7 Å². The van der Waals surface area contributed by atoms with Gasteiger partial charge in [-0.1, -0.05) is 6.92 Å². The minimum atomic E-state index is -0.921. The fourth-order valence-electron chi connectivity index (χ4n) is 1.53. The number of nitrogen functional groups attached to an aromatic ring is 1. The molecule has 0 bridgehead atoms. The Kier molecular flexibility index (Phi) is 6.35. The zero-order chi connectivity index (χ0) is 14.3. The molecule has 0 fully saturated rings. The van der Waals surface area contributed by atoms with E-state index in [1.54, 1.807) is 25.3 Å². The molecule has 1 aromatic carbocycles. The highest BCUT2D eigenvalue weighted by molar-refractivity contribution is 7.84. The Bertz CT molecular complexity index is 463. The highest BCUT2D eigenvalue weighted by Gasteiger charge is 2.08. The Labute approximate surface area is 116 Å². The second-order valence-corrected chi connectivity index (χ2v) is 5.80. The number of nitrogens with two attached hydrogens (primary N) is 1. The third kappa shape index (κ3) is 5.30. The van der Waals surface area contributed by atoms with Crippen LogP contribution in [-0.2, 0) is 15.6 Å². The van der Waals surface area contributed by atoms with Gasteiger partial charge in [0.1, 0.15) is 5.75 Å². The van der Waals surface area contributed by atoms with Gasteiger partial charge in [0, 0.05) is 34.8 Å². The van der Waals surface area contributed by atoms with E-state index in [4.69, 9.17) is 10.5 Å². The Morgan fingerprint density at radius 1 is 1.42 bits per heavy atom. The largest absolute Gasteiger partial charge is 0.497 e. The Morgan fingerprint density at radius 3 is 2.74 bits per heavy atom. The minimum absolute atomic E-state index is 0.179. The van der Waals surface area contributed by atoms with Crippen LogP contribution in [0.5, 0.6) is 5.75 Å². The highest BCUT2D eigenvalue weighted by Crippen LogP contribution is 2.24. The summed E-state index contributed by atoms with van der Waals surface area (Å²) < 4.78 is 16.5. The number of nitrogens with one attached hydrogen (secondary N) is 1. The molecule has 0 saturated heterocycles. The van der Waals surface area contributed by atoms with Crippen LogP contribution >= 0.6 is 0 Å². The van der Waals surface area contributed by atoms with Crippen molar-refractivity contribution in [3.63, 3.8) is 0 Å². The molecule has 106 valence electrons. The van der Waals surface area contributed by atoms with E-state index in [1.165, 1.54) is 0 Å². The first-order valence-corrected chi connectivity index (χ1v) is 7.64. The normalized spacial score (nSPS) is 11.9. The molecule has 0 aliphatic rings. The highest BCUT2D eigenvalue weighted by atomic mass is 32.2. The quantitative estimate of drug-likeness (QED) is 0.748. The van der Waals surface area contributed by atoms with Crippen molar-refractivity contribution in [3.8, 4) is 5.75 Å². The number of ether oxygens (including phenoxy) is 1. The number of carbonyl (C=O) groups excluding carboxylic acids is 1. The number of amides is 1. The molecular formula is C13H20N2O3S. The van der Waals surface area contributed by atoms with Crippen molar-refractivity contribution in [2.24, 2.45) is 0 Å². The molecule has 5 nitrogen and oxygen atoms in total. The first-order chi connectivity index (χ1) is 9.06. The summed E-state index contributed by atoms with van der Waals surface area (Å²) >= 11 is 0. The Hall–Kier alpha value is -1.56. The van der Waals surface area contributed by atoms with Gasteiger partial charge in [0.2, 0.25) is 5.91 Å². The second kappa shape index (κ2) is 7.78. The van der Waals surface area contributed by atoms with Gasteiger partial charge in [-0.2, -0.15) is 0 Å². The zero-order valence-corrected chi connectivity index (χ0v) is 12.1. The summed E-state index contributed by atoms with van der Waals surface area (Å²) in [4.78, 5) is 11.7. The number of hydrogen-bond donors (Lipinski definition) is 2. The maximum Gasteiger partial charge on any atom is 0.225 e. The van der Waals surface area contributed by atoms with Crippen molar-refractivity contribution in [3.05, 3.63) is 18.2 Å². The third-order valence-corrected chi connectivity index (χ3v) is 4.04. The van der Waals surface area contributed by atoms with Crippen LogP contribution in [0.4, 0.5) is 11.4 Å². The SMILES string of the molecule is CCCS(=O)CCC(=O)Nc1ccc(OC)cc1N. The summed E-state index contributed by atoms with van der Waals surface area (Å²) in [5.74, 6) is 1.48. The van der Waals surface area contributed by atoms with Gasteiger partial charge in [0.15, 0.2) is 0 Å². The van der Waals surface area contributed by atoms with Gasteiger partial charge in [-0.25, -0.2) is 0 Å². The van der Waals surface area contributed by atoms with E-state index in [0.717, 1.165) is 6.42 Å². The molecule has 19 heavy (non-hydrogen) atoms. The van der Waals surface area contributed by atoms with E-state index in [1.807, 2.05) is 6.92 Å². The monoisotopic (exact) mass is 284 g/mol. The zero-order valence-electron chi connectivity index (χ0n) is 11.3. The molecule has 1 atom stereocenters. The van der Waals surface area contributed by atoms with Crippen molar-refractivity contribution in [2.45, 2.75) is 19.8 Å². The van der Waals surface area contributed by atoms with E-state index < -0.39 is 10.8 Å². The van der Waals surface area contributed by atoms with E-state index in [9.17, 15) is 9.00 Å². The molecule has 0 heterocycles. The molecule has 1 aromatic rings. The van der Waals surface area contributed by atoms with Gasteiger partial charge in [-0.3, -0.25) is 9.00 Å². The van der Waals surface area contributed by atoms with Crippen LogP contribution in [0, 0.1) is 0 Å². The molecule has 0 saturated carbocycles. The topological polar surface area (TPSA) is 81.4 Å². The average molecular weight is 284 g/mol. The van der Waals surface area contributed by atoms with Crippen LogP contribution in [0.1, 0.15) is 19.8 Å². The van der Waals surface area contributed by atoms with Gasteiger partial charge in [-0.15, -0.1) is 0 Å². The number of rotatable bonds is 7. The van der Waals surface area contributed by atoms with Crippen molar-refractivity contribution in [2.75, 3.05) is 29.7 Å². The second-order valence-electron chi connectivity index (χ2n) is 4.10. The smallest absolute Gasteiger partial charge is 0.225 e. The summed E-state index contributed by atoms with van der Waals surface area (Å²) in [7, 11) is 0.631. The van der Waals surface area contributed by atoms with Crippen LogP contribution in [0.3, 0.4) is 0 Å². The number of methoxy groups -OCH3 is 1. The molecule has 0 aliphatic heterocycles. The van der Waals surface area contributed by atoms with Gasteiger partial charge in [-0.05, 0) is 18.6 Å².